The molecule has 0 N–H and O–H groups in total. The Morgan fingerprint density at radius 2 is 2.11 bits per heavy atom. The largest absolute Gasteiger partial charge is 0.469 e. The maximum atomic E-state index is 12.4. The highest BCUT2D eigenvalue weighted by atomic mass is 32.2. The standard InChI is InChI=1S/C12H13F3O2S/c1-17-11(16)6-3-7-18-10-5-2-4-9(8-10)12(13,14)15/h2,4-5,8H,3,6-7H2,1H3. The topological polar surface area (TPSA) is 26.3 Å². The first-order valence-corrected chi connectivity index (χ1v) is 6.29. The van der Waals surface area contributed by atoms with Crippen molar-refractivity contribution in [3.8, 4) is 0 Å². The predicted molar refractivity (Wildman–Crippen MR) is 63.4 cm³/mol. The molecule has 0 aromatic heterocycles. The van der Waals surface area contributed by atoms with Crippen LogP contribution in [0.4, 0.5) is 13.2 Å². The van der Waals surface area contributed by atoms with Crippen LogP contribution >= 0.6 is 11.8 Å². The molecule has 0 saturated heterocycles. The summed E-state index contributed by atoms with van der Waals surface area (Å²) in [6.45, 7) is 0. The molecule has 100 valence electrons. The SMILES string of the molecule is COC(=O)CCCSc1cccc(C(F)(F)F)c1. The number of alkyl halides is 3. The van der Waals surface area contributed by atoms with Crippen molar-refractivity contribution in [1.82, 2.24) is 0 Å². The lowest BCUT2D eigenvalue weighted by Crippen LogP contribution is -2.04. The fourth-order valence-electron chi connectivity index (χ4n) is 1.27. The second kappa shape index (κ2) is 6.68. The van der Waals surface area contributed by atoms with E-state index in [0.717, 1.165) is 12.1 Å². The molecule has 0 atom stereocenters. The van der Waals surface area contributed by atoms with Gasteiger partial charge in [0.2, 0.25) is 0 Å². The number of thioether (sulfide) groups is 1. The van der Waals surface area contributed by atoms with Crippen LogP contribution in [0.15, 0.2) is 29.2 Å². The molecule has 2 nitrogen and oxygen atoms in total. The Morgan fingerprint density at radius 1 is 1.39 bits per heavy atom. The molecule has 0 heterocycles. The summed E-state index contributed by atoms with van der Waals surface area (Å²) in [5.41, 5.74) is -0.652. The van der Waals surface area contributed by atoms with Crippen LogP contribution in [-0.2, 0) is 15.7 Å². The van der Waals surface area contributed by atoms with Crippen LogP contribution in [0.1, 0.15) is 18.4 Å². The van der Waals surface area contributed by atoms with Gasteiger partial charge in [-0.05, 0) is 30.4 Å². The van der Waals surface area contributed by atoms with Crippen LogP contribution in [0.5, 0.6) is 0 Å². The number of hydrogen-bond acceptors (Lipinski definition) is 3. The number of esters is 1. The van der Waals surface area contributed by atoms with Gasteiger partial charge in [-0.3, -0.25) is 4.79 Å². The van der Waals surface area contributed by atoms with E-state index in [4.69, 9.17) is 0 Å². The molecule has 0 radical (unpaired) electrons. The Bertz CT molecular complexity index is 405. The Hall–Kier alpha value is -1.17. The van der Waals surface area contributed by atoms with E-state index in [1.807, 2.05) is 0 Å². The van der Waals surface area contributed by atoms with Crippen LogP contribution < -0.4 is 0 Å². The monoisotopic (exact) mass is 278 g/mol. The number of rotatable bonds is 5. The van der Waals surface area contributed by atoms with E-state index in [1.54, 1.807) is 6.07 Å². The van der Waals surface area contributed by atoms with Crippen LogP contribution in [0, 0.1) is 0 Å². The van der Waals surface area contributed by atoms with Crippen LogP contribution in [0.3, 0.4) is 0 Å². The molecule has 18 heavy (non-hydrogen) atoms. The molecule has 6 heteroatoms. The van der Waals surface area contributed by atoms with Crippen molar-refractivity contribution in [2.24, 2.45) is 0 Å². The first kappa shape index (κ1) is 14.9. The van der Waals surface area contributed by atoms with Crippen LogP contribution in [-0.4, -0.2) is 18.8 Å². The van der Waals surface area contributed by atoms with Gasteiger partial charge in [0.05, 0.1) is 12.7 Å². The van der Waals surface area contributed by atoms with Crippen molar-refractivity contribution >= 4 is 17.7 Å². The summed E-state index contributed by atoms with van der Waals surface area (Å²) in [4.78, 5) is 11.4. The van der Waals surface area contributed by atoms with Gasteiger partial charge in [0.25, 0.3) is 0 Å². The van der Waals surface area contributed by atoms with Crippen LogP contribution in [0.2, 0.25) is 0 Å². The molecule has 1 rings (SSSR count). The molecular weight excluding hydrogens is 265 g/mol. The Morgan fingerprint density at radius 3 is 2.72 bits per heavy atom. The number of hydrogen-bond donors (Lipinski definition) is 0. The summed E-state index contributed by atoms with van der Waals surface area (Å²) in [5, 5.41) is 0. The second-order valence-electron chi connectivity index (χ2n) is 3.55. The zero-order valence-corrected chi connectivity index (χ0v) is 10.6. The Kier molecular flexibility index (Phi) is 5.53. The Balaban J connectivity index is 2.46. The highest BCUT2D eigenvalue weighted by molar-refractivity contribution is 7.99. The molecule has 0 aliphatic rings. The lowest BCUT2D eigenvalue weighted by molar-refractivity contribution is -0.140. The van der Waals surface area contributed by atoms with Gasteiger partial charge in [-0.25, -0.2) is 0 Å². The van der Waals surface area contributed by atoms with Gasteiger partial charge in [-0.2, -0.15) is 13.2 Å². The van der Waals surface area contributed by atoms with Gasteiger partial charge < -0.3 is 4.74 Å². The number of carbonyl (C=O) groups excluding carboxylic acids is 1. The van der Waals surface area contributed by atoms with Gasteiger partial charge in [-0.1, -0.05) is 6.07 Å². The molecule has 1 aromatic rings. The lowest BCUT2D eigenvalue weighted by atomic mass is 10.2. The summed E-state index contributed by atoms with van der Waals surface area (Å²) in [5.74, 6) is 0.274. The van der Waals surface area contributed by atoms with Gasteiger partial charge in [-0.15, -0.1) is 11.8 Å². The van der Waals surface area contributed by atoms with Gasteiger partial charge >= 0.3 is 12.1 Å². The molecule has 0 saturated carbocycles. The normalized spacial score (nSPS) is 11.3. The quantitative estimate of drug-likeness (QED) is 0.466. The van der Waals surface area contributed by atoms with E-state index in [-0.39, 0.29) is 12.4 Å². The molecule has 0 aliphatic carbocycles. The van der Waals surface area contributed by atoms with Crippen molar-refractivity contribution in [3.63, 3.8) is 0 Å². The predicted octanol–water partition coefficient (Wildman–Crippen LogP) is 3.75. The number of carbonyl (C=O) groups is 1. The molecule has 0 fully saturated rings. The average Bonchev–Trinajstić information content (AvgIpc) is 2.33. The summed E-state index contributed by atoms with van der Waals surface area (Å²) in [6.07, 6.45) is -3.46. The Labute approximate surface area is 108 Å². The second-order valence-corrected chi connectivity index (χ2v) is 4.72. The van der Waals surface area contributed by atoms with Crippen molar-refractivity contribution in [2.75, 3.05) is 12.9 Å². The minimum absolute atomic E-state index is 0.280. The number of methoxy groups -OCH3 is 1. The first-order valence-electron chi connectivity index (χ1n) is 5.30. The zero-order chi connectivity index (χ0) is 13.6. The van der Waals surface area contributed by atoms with Gasteiger partial charge in [0.1, 0.15) is 0 Å². The van der Waals surface area contributed by atoms with E-state index in [2.05, 4.69) is 4.74 Å². The molecule has 0 unspecified atom stereocenters. The molecule has 0 bridgehead atoms. The third kappa shape index (κ3) is 5.00. The van der Waals surface area contributed by atoms with Gasteiger partial charge in [0, 0.05) is 11.3 Å². The fourth-order valence-corrected chi connectivity index (χ4v) is 2.18. The number of benzene rings is 1. The molecular formula is C12H13F3O2S. The molecule has 1 aromatic carbocycles. The fraction of sp³-hybridized carbons (Fsp3) is 0.417. The average molecular weight is 278 g/mol. The summed E-state index contributed by atoms with van der Waals surface area (Å²) >= 11 is 1.30. The minimum Gasteiger partial charge on any atom is -0.469 e. The smallest absolute Gasteiger partial charge is 0.416 e. The van der Waals surface area contributed by atoms with E-state index in [1.165, 1.54) is 24.9 Å². The maximum Gasteiger partial charge on any atom is 0.416 e. The highest BCUT2D eigenvalue weighted by Crippen LogP contribution is 2.32. The molecule has 0 amide bonds. The third-order valence-electron chi connectivity index (χ3n) is 2.18. The van der Waals surface area contributed by atoms with Gasteiger partial charge in [0.15, 0.2) is 0 Å². The van der Waals surface area contributed by atoms with E-state index >= 15 is 0 Å². The van der Waals surface area contributed by atoms with E-state index < -0.39 is 11.7 Å². The number of halogens is 3. The van der Waals surface area contributed by atoms with E-state index in [9.17, 15) is 18.0 Å². The highest BCUT2D eigenvalue weighted by Gasteiger charge is 2.30. The van der Waals surface area contributed by atoms with Crippen molar-refractivity contribution < 1.29 is 22.7 Å². The summed E-state index contributed by atoms with van der Waals surface area (Å²) in [6, 6.07) is 5.16. The van der Waals surface area contributed by atoms with Crippen LogP contribution in [0.25, 0.3) is 0 Å². The zero-order valence-electron chi connectivity index (χ0n) is 9.79. The van der Waals surface area contributed by atoms with Crippen molar-refractivity contribution in [1.29, 1.82) is 0 Å². The molecule has 0 spiro atoms. The summed E-state index contributed by atoms with van der Waals surface area (Å²) in [7, 11) is 1.31. The summed E-state index contributed by atoms with van der Waals surface area (Å²) < 4.78 is 41.8. The first-order chi connectivity index (χ1) is 8.43. The minimum atomic E-state index is -4.32. The molecule has 0 aliphatic heterocycles. The maximum absolute atomic E-state index is 12.4. The van der Waals surface area contributed by atoms with E-state index in [0.29, 0.717) is 17.1 Å². The third-order valence-corrected chi connectivity index (χ3v) is 3.26. The lowest BCUT2D eigenvalue weighted by Gasteiger charge is -2.08. The van der Waals surface area contributed by atoms with Crippen molar-refractivity contribution in [2.45, 2.75) is 23.9 Å². The number of ether oxygens (including phenoxy) is 1. The van der Waals surface area contributed by atoms with Crippen molar-refractivity contribution in [3.05, 3.63) is 29.8 Å².